The fourth-order valence-electron chi connectivity index (χ4n) is 4.91. The second-order valence-electron chi connectivity index (χ2n) is 9.23. The first-order chi connectivity index (χ1) is 16.4. The van der Waals surface area contributed by atoms with Crippen molar-refractivity contribution in [2.75, 3.05) is 10.6 Å². The molecule has 0 radical (unpaired) electrons. The Labute approximate surface area is 200 Å². The smallest absolute Gasteiger partial charge is 0.319 e. The molecular weight excluding hydrogens is 422 g/mol. The number of hydrogen-bond donors (Lipinski definition) is 3. The molecule has 2 amide bonds. The van der Waals surface area contributed by atoms with Gasteiger partial charge in [0.05, 0.1) is 23.1 Å². The molecule has 1 aliphatic rings. The molecule has 2 heterocycles. The number of aromatic nitrogens is 2. The average molecular weight is 454 g/mol. The lowest BCUT2D eigenvalue weighted by molar-refractivity contribution is 0.248. The van der Waals surface area contributed by atoms with Gasteiger partial charge in [0.1, 0.15) is 0 Å². The summed E-state index contributed by atoms with van der Waals surface area (Å²) in [5.74, 6) is 0. The van der Waals surface area contributed by atoms with Crippen LogP contribution in [-0.4, -0.2) is 15.4 Å². The van der Waals surface area contributed by atoms with E-state index in [1.54, 1.807) is 0 Å². The van der Waals surface area contributed by atoms with Gasteiger partial charge in [-0.25, -0.2) is 9.78 Å². The Kier molecular flexibility index (Phi) is 5.74. The van der Waals surface area contributed by atoms with E-state index < -0.39 is 0 Å². The lowest BCUT2D eigenvalue weighted by Gasteiger charge is -2.17. The van der Waals surface area contributed by atoms with Gasteiger partial charge in [0.15, 0.2) is 5.65 Å². The molecule has 1 atom stereocenters. The van der Waals surface area contributed by atoms with Crippen LogP contribution in [0.25, 0.3) is 5.65 Å². The molecule has 0 saturated carbocycles. The van der Waals surface area contributed by atoms with Crippen LogP contribution in [0.5, 0.6) is 0 Å². The molecule has 34 heavy (non-hydrogen) atoms. The Balaban J connectivity index is 1.39. The molecule has 0 spiro atoms. The third-order valence-corrected chi connectivity index (χ3v) is 6.99. The molecular formula is C28H31N5O. The number of pyridine rings is 1. The highest BCUT2D eigenvalue weighted by Crippen LogP contribution is 2.31. The van der Waals surface area contributed by atoms with Crippen LogP contribution in [0.3, 0.4) is 0 Å². The number of aryl methyl sites for hydroxylation is 5. The van der Waals surface area contributed by atoms with Gasteiger partial charge in [0, 0.05) is 18.4 Å². The molecule has 0 fully saturated rings. The van der Waals surface area contributed by atoms with Crippen LogP contribution < -0.4 is 16.0 Å². The summed E-state index contributed by atoms with van der Waals surface area (Å²) in [6.07, 6.45) is 3.86. The minimum absolute atomic E-state index is 0.0405. The first-order valence-electron chi connectivity index (χ1n) is 11.8. The number of urea groups is 1. The molecule has 6 heteroatoms. The number of carbonyl (C=O) groups is 1. The molecule has 2 aromatic heterocycles. The average Bonchev–Trinajstić information content (AvgIpc) is 3.34. The summed E-state index contributed by atoms with van der Waals surface area (Å²) < 4.78 is 2.04. The summed E-state index contributed by atoms with van der Waals surface area (Å²) in [5, 5.41) is 9.77. The fraction of sp³-hybridized carbons (Fsp3) is 0.286. The van der Waals surface area contributed by atoms with E-state index in [1.165, 1.54) is 27.8 Å². The Hall–Kier alpha value is -3.80. The summed E-state index contributed by atoms with van der Waals surface area (Å²) in [6.45, 7) is 9.01. The van der Waals surface area contributed by atoms with Crippen LogP contribution in [0, 0.1) is 27.7 Å². The van der Waals surface area contributed by atoms with Gasteiger partial charge < -0.3 is 20.4 Å². The summed E-state index contributed by atoms with van der Waals surface area (Å²) in [5.41, 5.74) is 10.8. The fourth-order valence-corrected chi connectivity index (χ4v) is 4.91. The minimum Gasteiger partial charge on any atom is -0.378 e. The van der Waals surface area contributed by atoms with Crippen LogP contribution in [0.2, 0.25) is 0 Å². The number of fused-ring (bicyclic) bond motifs is 2. The van der Waals surface area contributed by atoms with E-state index in [1.807, 2.05) is 36.6 Å². The van der Waals surface area contributed by atoms with Crippen molar-refractivity contribution >= 4 is 23.1 Å². The summed E-state index contributed by atoms with van der Waals surface area (Å²) >= 11 is 0. The number of hydrogen-bond acceptors (Lipinski definition) is 3. The first-order valence-corrected chi connectivity index (χ1v) is 11.8. The third-order valence-electron chi connectivity index (χ3n) is 6.99. The van der Waals surface area contributed by atoms with Crippen LogP contribution in [0.4, 0.5) is 16.2 Å². The van der Waals surface area contributed by atoms with Gasteiger partial charge in [-0.1, -0.05) is 42.5 Å². The Morgan fingerprint density at radius 1 is 1.06 bits per heavy atom. The van der Waals surface area contributed by atoms with Crippen molar-refractivity contribution in [3.05, 3.63) is 93.9 Å². The number of anilines is 2. The predicted octanol–water partition coefficient (Wildman–Crippen LogP) is 5.99. The van der Waals surface area contributed by atoms with E-state index in [2.05, 4.69) is 66.2 Å². The summed E-state index contributed by atoms with van der Waals surface area (Å²) in [4.78, 5) is 17.7. The molecule has 4 aromatic rings. The van der Waals surface area contributed by atoms with Crippen LogP contribution in [0.15, 0.2) is 54.7 Å². The lowest BCUT2D eigenvalue weighted by atomic mass is 10.0. The van der Waals surface area contributed by atoms with Gasteiger partial charge >= 0.3 is 6.03 Å². The van der Waals surface area contributed by atoms with Crippen LogP contribution >= 0.6 is 0 Å². The van der Waals surface area contributed by atoms with Gasteiger partial charge in [-0.3, -0.25) is 0 Å². The molecule has 2 aromatic carbocycles. The lowest BCUT2D eigenvalue weighted by Crippen LogP contribution is -2.31. The van der Waals surface area contributed by atoms with Crippen molar-refractivity contribution in [1.29, 1.82) is 0 Å². The summed E-state index contributed by atoms with van der Waals surface area (Å²) in [6, 6.07) is 16.5. The molecule has 0 bridgehead atoms. The zero-order valence-corrected chi connectivity index (χ0v) is 20.2. The number of rotatable bonds is 5. The standard InChI is InChI=1S/C28H31N5O/c1-17-8-7-9-18(2)24(17)15-29-26-14-22(16-33-20(4)19(3)30-27(26)33)31-28(34)32-25-13-12-21-10-5-6-11-23(21)25/h5-11,14,16,25,29H,12-13,15H2,1-4H3,(H2,31,32,34)/t25-/m1/s1. The number of imidazole rings is 1. The van der Waals surface area contributed by atoms with E-state index in [0.717, 1.165) is 41.3 Å². The van der Waals surface area contributed by atoms with E-state index in [-0.39, 0.29) is 12.1 Å². The molecule has 0 aliphatic heterocycles. The Bertz CT molecular complexity index is 1370. The van der Waals surface area contributed by atoms with E-state index >= 15 is 0 Å². The van der Waals surface area contributed by atoms with Crippen molar-refractivity contribution in [1.82, 2.24) is 14.7 Å². The maximum Gasteiger partial charge on any atom is 0.319 e. The number of benzene rings is 2. The van der Waals surface area contributed by atoms with Gasteiger partial charge in [0.2, 0.25) is 0 Å². The van der Waals surface area contributed by atoms with E-state index in [4.69, 9.17) is 4.98 Å². The molecule has 0 saturated heterocycles. The molecule has 6 nitrogen and oxygen atoms in total. The number of nitrogens with zero attached hydrogens (tertiary/aromatic N) is 2. The predicted molar refractivity (Wildman–Crippen MR) is 138 cm³/mol. The largest absolute Gasteiger partial charge is 0.378 e. The number of carbonyl (C=O) groups excluding carboxylic acids is 1. The van der Waals surface area contributed by atoms with Gasteiger partial charge in [-0.2, -0.15) is 0 Å². The first kappa shape index (κ1) is 22.0. The van der Waals surface area contributed by atoms with Gasteiger partial charge in [-0.15, -0.1) is 0 Å². The highest BCUT2D eigenvalue weighted by Gasteiger charge is 2.23. The van der Waals surface area contributed by atoms with Crippen LogP contribution in [0.1, 0.15) is 51.7 Å². The monoisotopic (exact) mass is 453 g/mol. The topological polar surface area (TPSA) is 70.5 Å². The number of amides is 2. The maximum atomic E-state index is 12.9. The van der Waals surface area contributed by atoms with Gasteiger partial charge in [0.25, 0.3) is 0 Å². The highest BCUT2D eigenvalue weighted by atomic mass is 16.2. The van der Waals surface area contributed by atoms with E-state index in [9.17, 15) is 4.79 Å². The van der Waals surface area contributed by atoms with Crippen molar-refractivity contribution in [3.8, 4) is 0 Å². The SMILES string of the molecule is Cc1cccc(C)c1CNc1cc(NC(=O)N[C@@H]2CCc3ccccc32)cn2c(C)c(C)nc12. The van der Waals surface area contributed by atoms with Crippen LogP contribution in [-0.2, 0) is 13.0 Å². The quantitative estimate of drug-likeness (QED) is 0.348. The van der Waals surface area contributed by atoms with Crippen molar-refractivity contribution in [2.24, 2.45) is 0 Å². The van der Waals surface area contributed by atoms with Gasteiger partial charge in [-0.05, 0) is 74.4 Å². The summed E-state index contributed by atoms with van der Waals surface area (Å²) in [7, 11) is 0. The highest BCUT2D eigenvalue weighted by molar-refractivity contribution is 5.91. The van der Waals surface area contributed by atoms with E-state index in [0.29, 0.717) is 6.54 Å². The number of nitrogens with one attached hydrogen (secondary N) is 3. The molecule has 1 aliphatic carbocycles. The zero-order chi connectivity index (χ0) is 23.8. The van der Waals surface area contributed by atoms with Crippen molar-refractivity contribution in [2.45, 2.75) is 53.1 Å². The normalized spacial score (nSPS) is 14.8. The Morgan fingerprint density at radius 3 is 2.62 bits per heavy atom. The second-order valence-corrected chi connectivity index (χ2v) is 9.23. The molecule has 174 valence electrons. The zero-order valence-electron chi connectivity index (χ0n) is 20.2. The Morgan fingerprint density at radius 2 is 1.82 bits per heavy atom. The molecule has 3 N–H and O–H groups in total. The minimum atomic E-state index is -0.198. The van der Waals surface area contributed by atoms with Crippen molar-refractivity contribution in [3.63, 3.8) is 0 Å². The second kappa shape index (κ2) is 8.86. The third kappa shape index (κ3) is 4.12. The maximum absolute atomic E-state index is 12.9. The molecule has 0 unspecified atom stereocenters. The van der Waals surface area contributed by atoms with Crippen molar-refractivity contribution < 1.29 is 4.79 Å². The molecule has 5 rings (SSSR count).